The predicted octanol–water partition coefficient (Wildman–Crippen LogP) is 2.67. The van der Waals surface area contributed by atoms with E-state index in [1.165, 1.54) is 0 Å². The average Bonchev–Trinajstić information content (AvgIpc) is 2.41. The molecule has 0 saturated heterocycles. The number of aromatic nitrogens is 1. The summed E-state index contributed by atoms with van der Waals surface area (Å²) in [6.45, 7) is 1.35. The summed E-state index contributed by atoms with van der Waals surface area (Å²) in [5.74, 6) is 0. The van der Waals surface area contributed by atoms with Crippen molar-refractivity contribution in [3.8, 4) is 6.07 Å². The molecule has 2 rings (SSSR count). The summed E-state index contributed by atoms with van der Waals surface area (Å²) in [7, 11) is 1.65. The molecule has 0 bridgehead atoms. The van der Waals surface area contributed by atoms with E-state index in [-0.39, 0.29) is 11.0 Å². The first-order chi connectivity index (χ1) is 9.17. The summed E-state index contributed by atoms with van der Waals surface area (Å²) in [6.07, 6.45) is 2.45. The molecule has 98 valence electrons. The van der Waals surface area contributed by atoms with Gasteiger partial charge in [-0.3, -0.25) is 4.79 Å². The van der Waals surface area contributed by atoms with Gasteiger partial charge in [-0.2, -0.15) is 5.26 Å². The normalized spacial score (nSPS) is 10.6. The molecule has 2 aromatic rings. The molecule has 19 heavy (non-hydrogen) atoms. The highest BCUT2D eigenvalue weighted by Crippen LogP contribution is 2.18. The largest absolute Gasteiger partial charge is 0.385 e. The van der Waals surface area contributed by atoms with Crippen molar-refractivity contribution in [1.29, 1.82) is 5.26 Å². The maximum Gasteiger partial charge on any atom is 0.207 e. The topological polar surface area (TPSA) is 55.0 Å². The van der Waals surface area contributed by atoms with Gasteiger partial charge in [0.25, 0.3) is 0 Å². The number of benzene rings is 1. The monoisotopic (exact) mass is 320 g/mol. The molecule has 1 aromatic heterocycles. The van der Waals surface area contributed by atoms with Crippen molar-refractivity contribution in [2.45, 2.75) is 13.0 Å². The Morgan fingerprint density at radius 2 is 2.26 bits per heavy atom. The van der Waals surface area contributed by atoms with Gasteiger partial charge in [0, 0.05) is 36.3 Å². The fourth-order valence-electron chi connectivity index (χ4n) is 2.01. The molecule has 0 saturated carbocycles. The maximum absolute atomic E-state index is 12.1. The van der Waals surface area contributed by atoms with Crippen LogP contribution in [0.25, 0.3) is 10.9 Å². The third kappa shape index (κ3) is 2.86. The number of hydrogen-bond acceptors (Lipinski definition) is 3. The number of halogens is 1. The van der Waals surface area contributed by atoms with Crippen molar-refractivity contribution in [2.24, 2.45) is 0 Å². The van der Waals surface area contributed by atoms with E-state index < -0.39 is 0 Å². The Morgan fingerprint density at radius 3 is 2.95 bits per heavy atom. The molecule has 0 fully saturated rings. The van der Waals surface area contributed by atoms with Crippen molar-refractivity contribution in [2.75, 3.05) is 13.7 Å². The Kier molecular flexibility index (Phi) is 4.35. The van der Waals surface area contributed by atoms with Crippen LogP contribution in [0.1, 0.15) is 12.0 Å². The second kappa shape index (κ2) is 6.00. The van der Waals surface area contributed by atoms with Crippen molar-refractivity contribution >= 4 is 26.8 Å². The Labute approximate surface area is 119 Å². The summed E-state index contributed by atoms with van der Waals surface area (Å²) in [5.41, 5.74) is 0.785. The molecule has 0 spiro atoms. The van der Waals surface area contributed by atoms with Gasteiger partial charge in [0.2, 0.25) is 5.43 Å². The quantitative estimate of drug-likeness (QED) is 0.814. The van der Waals surface area contributed by atoms with Crippen LogP contribution < -0.4 is 5.43 Å². The number of nitrogens with zero attached hydrogens (tertiary/aromatic N) is 2. The average molecular weight is 321 g/mol. The van der Waals surface area contributed by atoms with E-state index in [0.717, 1.165) is 16.4 Å². The third-order valence-corrected chi connectivity index (χ3v) is 3.40. The minimum Gasteiger partial charge on any atom is -0.385 e. The van der Waals surface area contributed by atoms with Gasteiger partial charge in [0.1, 0.15) is 11.6 Å². The van der Waals surface area contributed by atoms with E-state index in [1.807, 2.05) is 22.8 Å². The molecule has 0 atom stereocenters. The standard InChI is InChI=1S/C14H13BrN2O2/c1-19-6-2-5-17-9-10(8-16)14(18)12-7-11(15)3-4-13(12)17/h3-4,7,9H,2,5-6H2,1H3. The molecule has 0 aliphatic heterocycles. The number of ether oxygens (including phenoxy) is 1. The lowest BCUT2D eigenvalue weighted by Crippen LogP contribution is -2.13. The molecule has 1 aromatic carbocycles. The second-order valence-corrected chi connectivity index (χ2v) is 5.10. The summed E-state index contributed by atoms with van der Waals surface area (Å²) < 4.78 is 7.79. The highest BCUT2D eigenvalue weighted by atomic mass is 79.9. The number of aryl methyl sites for hydroxylation is 1. The van der Waals surface area contributed by atoms with Crippen LogP contribution in [-0.2, 0) is 11.3 Å². The van der Waals surface area contributed by atoms with E-state index in [4.69, 9.17) is 10.00 Å². The van der Waals surface area contributed by atoms with Gasteiger partial charge in [0.05, 0.1) is 5.52 Å². The van der Waals surface area contributed by atoms with Gasteiger partial charge < -0.3 is 9.30 Å². The number of nitriles is 1. The van der Waals surface area contributed by atoms with E-state index in [2.05, 4.69) is 15.9 Å². The lowest BCUT2D eigenvalue weighted by atomic mass is 10.1. The van der Waals surface area contributed by atoms with E-state index >= 15 is 0 Å². The second-order valence-electron chi connectivity index (χ2n) is 4.18. The Hall–Kier alpha value is -1.64. The number of rotatable bonds is 4. The van der Waals surface area contributed by atoms with Gasteiger partial charge >= 0.3 is 0 Å². The molecule has 0 N–H and O–H groups in total. The first-order valence-corrected chi connectivity index (χ1v) is 6.68. The molecule has 0 aliphatic carbocycles. The molecule has 0 aliphatic rings. The number of fused-ring (bicyclic) bond motifs is 1. The van der Waals surface area contributed by atoms with E-state index in [9.17, 15) is 4.79 Å². The molecular weight excluding hydrogens is 308 g/mol. The Morgan fingerprint density at radius 1 is 1.47 bits per heavy atom. The number of methoxy groups -OCH3 is 1. The van der Waals surface area contributed by atoms with Gasteiger partial charge in [-0.1, -0.05) is 15.9 Å². The van der Waals surface area contributed by atoms with Gasteiger partial charge in [-0.25, -0.2) is 0 Å². The van der Waals surface area contributed by atoms with Crippen LogP contribution in [0.4, 0.5) is 0 Å². The van der Waals surface area contributed by atoms with Crippen molar-refractivity contribution in [1.82, 2.24) is 4.57 Å². The highest BCUT2D eigenvalue weighted by Gasteiger charge is 2.09. The molecule has 4 nitrogen and oxygen atoms in total. The zero-order valence-corrected chi connectivity index (χ0v) is 12.1. The summed E-state index contributed by atoms with van der Waals surface area (Å²) in [6, 6.07) is 7.49. The lowest BCUT2D eigenvalue weighted by Gasteiger charge is -2.11. The fourth-order valence-corrected chi connectivity index (χ4v) is 2.37. The maximum atomic E-state index is 12.1. The van der Waals surface area contributed by atoms with Crippen LogP contribution >= 0.6 is 15.9 Å². The van der Waals surface area contributed by atoms with Crippen LogP contribution in [0.3, 0.4) is 0 Å². The van der Waals surface area contributed by atoms with Crippen LogP contribution in [0.2, 0.25) is 0 Å². The third-order valence-electron chi connectivity index (χ3n) is 2.91. The minimum absolute atomic E-state index is 0.169. The lowest BCUT2D eigenvalue weighted by molar-refractivity contribution is 0.190. The van der Waals surface area contributed by atoms with Crippen molar-refractivity contribution in [3.63, 3.8) is 0 Å². The molecule has 0 radical (unpaired) electrons. The minimum atomic E-state index is -0.221. The fraction of sp³-hybridized carbons (Fsp3) is 0.286. The number of hydrogen-bond donors (Lipinski definition) is 0. The predicted molar refractivity (Wildman–Crippen MR) is 77.1 cm³/mol. The van der Waals surface area contributed by atoms with Crippen LogP contribution in [-0.4, -0.2) is 18.3 Å². The van der Waals surface area contributed by atoms with Crippen LogP contribution in [0.5, 0.6) is 0 Å². The molecule has 1 heterocycles. The molecule has 5 heteroatoms. The van der Waals surface area contributed by atoms with E-state index in [1.54, 1.807) is 19.4 Å². The van der Waals surface area contributed by atoms with Crippen LogP contribution in [0, 0.1) is 11.3 Å². The molecule has 0 unspecified atom stereocenters. The highest BCUT2D eigenvalue weighted by molar-refractivity contribution is 9.10. The Bertz CT molecular complexity index is 701. The zero-order valence-electron chi connectivity index (χ0n) is 10.5. The van der Waals surface area contributed by atoms with Gasteiger partial charge in [-0.05, 0) is 24.6 Å². The molecular formula is C14H13BrN2O2. The van der Waals surface area contributed by atoms with Gasteiger partial charge in [-0.15, -0.1) is 0 Å². The zero-order chi connectivity index (χ0) is 13.8. The first-order valence-electron chi connectivity index (χ1n) is 5.89. The smallest absolute Gasteiger partial charge is 0.207 e. The van der Waals surface area contributed by atoms with E-state index in [0.29, 0.717) is 18.5 Å². The van der Waals surface area contributed by atoms with Crippen LogP contribution in [0.15, 0.2) is 33.7 Å². The molecule has 0 amide bonds. The summed E-state index contributed by atoms with van der Waals surface area (Å²) in [5, 5.41) is 9.60. The summed E-state index contributed by atoms with van der Waals surface area (Å²) in [4.78, 5) is 12.1. The Balaban J connectivity index is 2.60. The first kappa shape index (κ1) is 13.8. The van der Waals surface area contributed by atoms with Gasteiger partial charge in [0.15, 0.2) is 0 Å². The summed E-state index contributed by atoms with van der Waals surface area (Å²) >= 11 is 3.35. The van der Waals surface area contributed by atoms with Crippen molar-refractivity contribution in [3.05, 3.63) is 44.7 Å². The SMILES string of the molecule is COCCCn1cc(C#N)c(=O)c2cc(Br)ccc21. The number of pyridine rings is 1. The van der Waals surface area contributed by atoms with Crippen molar-refractivity contribution < 1.29 is 4.74 Å².